The smallest absolute Gasteiger partial charge is 0.482 e. The van der Waals surface area contributed by atoms with E-state index in [1.807, 2.05) is 19.1 Å². The summed E-state index contributed by atoms with van der Waals surface area (Å²) in [6, 6.07) is 4.15. The molecule has 11 heteroatoms. The third-order valence-electron chi connectivity index (χ3n) is 13.6. The highest BCUT2D eigenvalue weighted by atomic mass is 16.7. The summed E-state index contributed by atoms with van der Waals surface area (Å²) in [5, 5.41) is 12.5. The monoisotopic (exact) mass is 717 g/mol. The van der Waals surface area contributed by atoms with Gasteiger partial charge in [0.25, 0.3) is 0 Å². The molecule has 4 unspecified atom stereocenters. The molecule has 5 fully saturated rings. The summed E-state index contributed by atoms with van der Waals surface area (Å²) in [5.41, 5.74) is -0.398. The lowest BCUT2D eigenvalue weighted by Gasteiger charge is -2.74. The van der Waals surface area contributed by atoms with Crippen LogP contribution >= 0.6 is 0 Å². The lowest BCUT2D eigenvalue weighted by atomic mass is 9.35. The standard InChI is InChI=1S/C40H63NO10/c1-27-9-12-30(50-35(42)49-24-23-48-22-21-47-20-19-46-18-17-44-7)33-32(27)39-15-16-41(26-29-10-11-29)28(2)38(39)13-14-40(45-8,34(39)51-33)31(25-38)37(6,43)36(3,4)5/h9,12,28-29,31,34,43H,10-11,13-26H2,1-8H3/t28?,31?,34-,37?,38-,39?,40-/m1/s1. The first-order valence-electron chi connectivity index (χ1n) is 19.2. The van der Waals surface area contributed by atoms with Gasteiger partial charge in [-0.05, 0) is 94.2 Å². The Kier molecular flexibility index (Phi) is 11.4. The second-order valence-corrected chi connectivity index (χ2v) is 16.9. The van der Waals surface area contributed by atoms with Gasteiger partial charge in [-0.1, -0.05) is 26.8 Å². The van der Waals surface area contributed by atoms with Crippen molar-refractivity contribution in [1.82, 2.24) is 4.90 Å². The number of fused-ring (bicyclic) bond motifs is 3. The van der Waals surface area contributed by atoms with E-state index in [1.54, 1.807) is 14.2 Å². The number of aryl methyl sites for hydroxylation is 1. The molecule has 2 bridgehead atoms. The topological polar surface area (TPSA) is 114 Å². The SMILES string of the molecule is COCCOCCOCCOCCOC(=O)Oc1ccc(C)c2c1O[C@@H]1C23CCN(CC2CC2)C(C)[C@]32CC[C@@]1(OC)C(C(C)(O)C(C)(C)C)C2. The number of aliphatic hydroxyl groups is 1. The van der Waals surface area contributed by atoms with Crippen molar-refractivity contribution in [3.63, 3.8) is 0 Å². The Balaban J connectivity index is 1.20. The van der Waals surface area contributed by atoms with Crippen LogP contribution < -0.4 is 9.47 Å². The lowest BCUT2D eigenvalue weighted by molar-refractivity contribution is -0.309. The zero-order chi connectivity index (χ0) is 36.7. The number of benzene rings is 1. The number of piperidine rings is 1. The molecular weight excluding hydrogens is 654 g/mol. The van der Waals surface area contributed by atoms with E-state index in [0.29, 0.717) is 51.1 Å². The Morgan fingerprint density at radius 1 is 0.941 bits per heavy atom. The zero-order valence-corrected chi connectivity index (χ0v) is 32.3. The predicted octanol–water partition coefficient (Wildman–Crippen LogP) is 5.69. The van der Waals surface area contributed by atoms with E-state index >= 15 is 0 Å². The number of ether oxygens (including phenoxy) is 8. The van der Waals surface area contributed by atoms with E-state index in [2.05, 4.69) is 39.5 Å². The summed E-state index contributed by atoms with van der Waals surface area (Å²) in [4.78, 5) is 15.8. The van der Waals surface area contributed by atoms with Crippen LogP contribution in [0.3, 0.4) is 0 Å². The van der Waals surface area contributed by atoms with Gasteiger partial charge < -0.3 is 43.0 Å². The molecule has 11 nitrogen and oxygen atoms in total. The largest absolute Gasteiger partial charge is 0.514 e. The minimum atomic E-state index is -1.02. The molecule has 1 aromatic rings. The van der Waals surface area contributed by atoms with Gasteiger partial charge in [-0.15, -0.1) is 0 Å². The molecule has 0 amide bonds. The predicted molar refractivity (Wildman–Crippen MR) is 192 cm³/mol. The number of carbonyl (C=O) groups excluding carboxylic acids is 1. The molecule has 0 radical (unpaired) electrons. The zero-order valence-electron chi connectivity index (χ0n) is 32.3. The van der Waals surface area contributed by atoms with Crippen molar-refractivity contribution in [2.24, 2.45) is 22.7 Å². The minimum absolute atomic E-state index is 0.0498. The molecule has 2 spiro atoms. The molecule has 4 saturated carbocycles. The highest BCUT2D eigenvalue weighted by molar-refractivity contribution is 5.69. The Bertz CT molecular complexity index is 1380. The van der Waals surface area contributed by atoms with Crippen LogP contribution in [0.25, 0.3) is 0 Å². The second-order valence-electron chi connectivity index (χ2n) is 16.9. The van der Waals surface area contributed by atoms with Crippen molar-refractivity contribution in [3.05, 3.63) is 23.3 Å². The summed E-state index contributed by atoms with van der Waals surface area (Å²) >= 11 is 0. The van der Waals surface area contributed by atoms with Crippen molar-refractivity contribution >= 4 is 6.16 Å². The molecule has 51 heavy (non-hydrogen) atoms. The van der Waals surface area contributed by atoms with Crippen LogP contribution in [-0.2, 0) is 33.8 Å². The Hall–Kier alpha value is -1.99. The van der Waals surface area contributed by atoms with Crippen molar-refractivity contribution in [3.8, 4) is 11.5 Å². The normalized spacial score (nSPS) is 32.5. The third kappa shape index (κ3) is 6.72. The lowest BCUT2D eigenvalue weighted by Crippen LogP contribution is -2.81. The quantitative estimate of drug-likeness (QED) is 0.122. The molecule has 4 aliphatic carbocycles. The number of nitrogens with zero attached hydrogens (tertiary/aromatic N) is 1. The van der Waals surface area contributed by atoms with Gasteiger partial charge in [0, 0.05) is 43.7 Å². The molecule has 2 heterocycles. The van der Waals surface area contributed by atoms with Gasteiger partial charge in [-0.2, -0.15) is 0 Å². The second kappa shape index (κ2) is 15.0. The summed E-state index contributed by atoms with van der Waals surface area (Å²) in [6.07, 6.45) is 5.03. The Labute approximate surface area is 304 Å². The average Bonchev–Trinajstić information content (AvgIpc) is 3.84. The van der Waals surface area contributed by atoms with E-state index in [4.69, 9.17) is 37.9 Å². The maximum atomic E-state index is 13.1. The fraction of sp³-hybridized carbons (Fsp3) is 0.825. The van der Waals surface area contributed by atoms with Crippen LogP contribution in [0.1, 0.15) is 84.3 Å². The molecule has 7 rings (SSSR count). The van der Waals surface area contributed by atoms with Crippen LogP contribution in [0.15, 0.2) is 12.1 Å². The fourth-order valence-electron chi connectivity index (χ4n) is 10.3. The first-order chi connectivity index (χ1) is 24.3. The van der Waals surface area contributed by atoms with Gasteiger partial charge in [0.1, 0.15) is 18.3 Å². The van der Waals surface area contributed by atoms with Crippen LogP contribution in [0, 0.1) is 29.6 Å². The summed E-state index contributed by atoms with van der Waals surface area (Å²) in [7, 11) is 3.43. The Morgan fingerprint density at radius 3 is 2.20 bits per heavy atom. The van der Waals surface area contributed by atoms with Crippen molar-refractivity contribution in [1.29, 1.82) is 0 Å². The van der Waals surface area contributed by atoms with Gasteiger partial charge in [0.2, 0.25) is 0 Å². The molecule has 288 valence electrons. The number of likely N-dealkylation sites (tertiary alicyclic amines) is 1. The summed E-state index contributed by atoms with van der Waals surface area (Å²) < 4.78 is 46.6. The summed E-state index contributed by atoms with van der Waals surface area (Å²) in [5.74, 6) is 1.60. The highest BCUT2D eigenvalue weighted by Crippen LogP contribution is 2.76. The molecule has 2 aliphatic heterocycles. The molecule has 0 aromatic heterocycles. The van der Waals surface area contributed by atoms with Gasteiger partial charge in [0.15, 0.2) is 11.5 Å². The van der Waals surface area contributed by atoms with Crippen molar-refractivity contribution in [2.45, 2.75) is 109 Å². The molecule has 7 atom stereocenters. The van der Waals surface area contributed by atoms with Crippen molar-refractivity contribution < 1.29 is 47.8 Å². The summed E-state index contributed by atoms with van der Waals surface area (Å²) in [6.45, 7) is 18.2. The fourth-order valence-corrected chi connectivity index (χ4v) is 10.3. The van der Waals surface area contributed by atoms with Gasteiger partial charge in [-0.25, -0.2) is 4.79 Å². The number of methoxy groups -OCH3 is 2. The van der Waals surface area contributed by atoms with E-state index in [9.17, 15) is 9.90 Å². The van der Waals surface area contributed by atoms with Crippen LogP contribution in [0.4, 0.5) is 4.79 Å². The molecule has 1 aromatic carbocycles. The third-order valence-corrected chi connectivity index (χ3v) is 13.6. The van der Waals surface area contributed by atoms with E-state index in [0.717, 1.165) is 55.8 Å². The van der Waals surface area contributed by atoms with Crippen LogP contribution in [-0.4, -0.2) is 120 Å². The van der Waals surface area contributed by atoms with Gasteiger partial charge in [-0.3, -0.25) is 4.90 Å². The highest BCUT2D eigenvalue weighted by Gasteiger charge is 2.81. The first-order valence-corrected chi connectivity index (χ1v) is 19.2. The van der Waals surface area contributed by atoms with Crippen LogP contribution in [0.2, 0.25) is 0 Å². The van der Waals surface area contributed by atoms with Crippen LogP contribution in [0.5, 0.6) is 11.5 Å². The maximum Gasteiger partial charge on any atom is 0.514 e. The average molecular weight is 718 g/mol. The number of hydrogen-bond acceptors (Lipinski definition) is 11. The van der Waals surface area contributed by atoms with Gasteiger partial charge >= 0.3 is 6.16 Å². The minimum Gasteiger partial charge on any atom is -0.482 e. The molecular formula is C40H63NO10. The van der Waals surface area contributed by atoms with Crippen molar-refractivity contribution in [2.75, 3.05) is 80.2 Å². The Morgan fingerprint density at radius 2 is 1.59 bits per heavy atom. The number of rotatable bonds is 17. The maximum absolute atomic E-state index is 13.1. The molecule has 1 saturated heterocycles. The van der Waals surface area contributed by atoms with E-state index in [-0.39, 0.29) is 47.5 Å². The number of carbonyl (C=O) groups is 1. The molecule has 1 N–H and O–H groups in total. The first kappa shape index (κ1) is 38.7. The van der Waals surface area contributed by atoms with E-state index in [1.165, 1.54) is 12.8 Å². The van der Waals surface area contributed by atoms with E-state index < -0.39 is 17.4 Å². The number of hydrogen-bond donors (Lipinski definition) is 1. The van der Waals surface area contributed by atoms with Gasteiger partial charge in [0.05, 0.1) is 51.8 Å². The molecule has 6 aliphatic rings.